The lowest BCUT2D eigenvalue weighted by Crippen LogP contribution is -2.30. The lowest BCUT2D eigenvalue weighted by atomic mass is 9.82. The molecular formula is C20H25N3O4S. The second-order valence-corrected chi connectivity index (χ2v) is 7.91. The Hall–Kier alpha value is -2.55. The molecule has 0 spiro atoms. The Bertz CT molecular complexity index is 984. The van der Waals surface area contributed by atoms with Gasteiger partial charge < -0.3 is 4.55 Å². The highest BCUT2D eigenvalue weighted by atomic mass is 32.3. The zero-order chi connectivity index (χ0) is 20.9. The number of benzene rings is 2. The molecule has 0 radical (unpaired) electrons. The standard InChI is InChI=1S/C19H22N3.CH4O4S/c1-19(2)16-12-8-9-13-17(16)21(3)18(19)14-20-22(4)15-10-6-5-7-11-15;1-5-6(2,3)4/h5-14H,1-4H3;1H3,(H,2,3,4)/q+1;/p-1. The van der Waals surface area contributed by atoms with Crippen LogP contribution in [-0.2, 0) is 20.0 Å². The molecule has 0 aromatic heterocycles. The van der Waals surface area contributed by atoms with Crippen molar-refractivity contribution in [2.45, 2.75) is 19.3 Å². The van der Waals surface area contributed by atoms with Crippen LogP contribution in [0.1, 0.15) is 19.4 Å². The molecule has 0 unspecified atom stereocenters. The molecule has 28 heavy (non-hydrogen) atoms. The maximum Gasteiger partial charge on any atom is 0.217 e. The van der Waals surface area contributed by atoms with Crippen molar-refractivity contribution in [3.63, 3.8) is 0 Å². The summed E-state index contributed by atoms with van der Waals surface area (Å²) in [6.45, 7) is 4.50. The van der Waals surface area contributed by atoms with Gasteiger partial charge in [-0.05, 0) is 26.0 Å². The highest BCUT2D eigenvalue weighted by Crippen LogP contribution is 2.38. The molecule has 2 aromatic rings. The van der Waals surface area contributed by atoms with Crippen molar-refractivity contribution in [2.75, 3.05) is 26.2 Å². The maximum atomic E-state index is 9.22. The van der Waals surface area contributed by atoms with Crippen LogP contribution in [0.15, 0.2) is 59.7 Å². The van der Waals surface area contributed by atoms with Gasteiger partial charge in [0, 0.05) is 18.7 Å². The average molecular weight is 404 g/mol. The molecule has 0 N–H and O–H groups in total. The van der Waals surface area contributed by atoms with Gasteiger partial charge in [0.05, 0.1) is 18.2 Å². The molecule has 0 bridgehead atoms. The fourth-order valence-corrected chi connectivity index (χ4v) is 3.08. The Balaban J connectivity index is 0.000000409. The van der Waals surface area contributed by atoms with Crippen LogP contribution < -0.4 is 5.01 Å². The topological polar surface area (TPSA) is 85.0 Å². The minimum absolute atomic E-state index is 0.0353. The first-order valence-electron chi connectivity index (χ1n) is 8.63. The van der Waals surface area contributed by atoms with E-state index in [1.807, 2.05) is 36.5 Å². The monoisotopic (exact) mass is 403 g/mol. The van der Waals surface area contributed by atoms with Gasteiger partial charge in [-0.3, -0.25) is 9.19 Å². The van der Waals surface area contributed by atoms with E-state index in [4.69, 9.17) is 0 Å². The van der Waals surface area contributed by atoms with E-state index in [1.54, 1.807) is 0 Å². The number of fused-ring (bicyclic) bond motifs is 1. The van der Waals surface area contributed by atoms with Gasteiger partial charge in [-0.2, -0.15) is 9.68 Å². The van der Waals surface area contributed by atoms with E-state index in [-0.39, 0.29) is 5.41 Å². The van der Waals surface area contributed by atoms with Crippen molar-refractivity contribution < 1.29 is 21.7 Å². The number of hydrogen-bond acceptors (Lipinski definition) is 6. The quantitative estimate of drug-likeness (QED) is 0.258. The SMILES string of the molecule is CN(N=CC1=[N+](C)c2ccccc2C1(C)C)c1ccccc1.COS(=O)(=O)[O-]. The first-order valence-corrected chi connectivity index (χ1v) is 9.96. The molecule has 1 aliphatic rings. The van der Waals surface area contributed by atoms with Crippen molar-refractivity contribution in [1.82, 2.24) is 0 Å². The van der Waals surface area contributed by atoms with Crippen molar-refractivity contribution >= 4 is 33.7 Å². The molecule has 0 amide bonds. The molecule has 3 rings (SSSR count). The third-order valence-electron chi connectivity index (χ3n) is 4.63. The molecule has 0 fully saturated rings. The van der Waals surface area contributed by atoms with E-state index in [2.05, 4.69) is 71.2 Å². The molecule has 0 aliphatic carbocycles. The van der Waals surface area contributed by atoms with Crippen molar-refractivity contribution in [3.05, 3.63) is 60.2 Å². The summed E-state index contributed by atoms with van der Waals surface area (Å²) in [6, 6.07) is 18.7. The predicted octanol–water partition coefficient (Wildman–Crippen LogP) is 2.91. The minimum Gasteiger partial charge on any atom is -0.726 e. The minimum atomic E-state index is -4.41. The first kappa shape index (κ1) is 21.7. The second-order valence-electron chi connectivity index (χ2n) is 6.77. The maximum absolute atomic E-state index is 9.22. The van der Waals surface area contributed by atoms with Gasteiger partial charge in [0.25, 0.3) is 0 Å². The Morgan fingerprint density at radius 1 is 1.11 bits per heavy atom. The summed E-state index contributed by atoms with van der Waals surface area (Å²) >= 11 is 0. The van der Waals surface area contributed by atoms with Crippen LogP contribution in [-0.4, -0.2) is 50.7 Å². The second kappa shape index (κ2) is 8.64. The summed E-state index contributed by atoms with van der Waals surface area (Å²) in [5, 5.41) is 6.54. The van der Waals surface area contributed by atoms with Crippen LogP contribution in [0.5, 0.6) is 0 Å². The first-order chi connectivity index (χ1) is 13.1. The number of anilines is 1. The summed E-state index contributed by atoms with van der Waals surface area (Å²) in [7, 11) is 0.478. The number of rotatable bonds is 4. The molecule has 0 atom stereocenters. The smallest absolute Gasteiger partial charge is 0.217 e. The molecule has 0 saturated carbocycles. The Kier molecular flexibility index (Phi) is 6.71. The number of hydrazone groups is 1. The van der Waals surface area contributed by atoms with Crippen LogP contribution in [0.25, 0.3) is 0 Å². The third kappa shape index (κ3) is 5.03. The van der Waals surface area contributed by atoms with E-state index in [9.17, 15) is 13.0 Å². The summed E-state index contributed by atoms with van der Waals surface area (Å²) in [5.74, 6) is 0. The van der Waals surface area contributed by atoms with Gasteiger partial charge in [-0.15, -0.1) is 0 Å². The Morgan fingerprint density at radius 3 is 2.18 bits per heavy atom. The van der Waals surface area contributed by atoms with Crippen LogP contribution in [0.3, 0.4) is 0 Å². The summed E-state index contributed by atoms with van der Waals surface area (Å²) in [5.41, 5.74) is 4.86. The molecule has 8 heteroatoms. The number of hydrogen-bond donors (Lipinski definition) is 0. The fourth-order valence-electron chi connectivity index (χ4n) is 3.08. The van der Waals surface area contributed by atoms with Gasteiger partial charge in [-0.1, -0.05) is 36.4 Å². The molecule has 1 heterocycles. The average Bonchev–Trinajstić information content (AvgIpc) is 2.87. The zero-order valence-corrected chi connectivity index (χ0v) is 17.5. The molecule has 2 aromatic carbocycles. The van der Waals surface area contributed by atoms with E-state index in [0.29, 0.717) is 0 Å². The molecule has 0 saturated heterocycles. The van der Waals surface area contributed by atoms with Crippen molar-refractivity contribution in [1.29, 1.82) is 0 Å². The van der Waals surface area contributed by atoms with E-state index >= 15 is 0 Å². The van der Waals surface area contributed by atoms with Crippen LogP contribution >= 0.6 is 0 Å². The zero-order valence-electron chi connectivity index (χ0n) is 16.7. The van der Waals surface area contributed by atoms with Crippen LogP contribution in [0.4, 0.5) is 11.4 Å². The summed E-state index contributed by atoms with van der Waals surface area (Å²) < 4.78 is 33.3. The summed E-state index contributed by atoms with van der Waals surface area (Å²) in [6.07, 6.45) is 1.98. The highest BCUT2D eigenvalue weighted by molar-refractivity contribution is 7.80. The third-order valence-corrected chi connectivity index (χ3v) is 5.04. The Morgan fingerprint density at radius 2 is 1.64 bits per heavy atom. The van der Waals surface area contributed by atoms with Crippen LogP contribution in [0.2, 0.25) is 0 Å². The molecule has 7 nitrogen and oxygen atoms in total. The van der Waals surface area contributed by atoms with E-state index < -0.39 is 10.4 Å². The highest BCUT2D eigenvalue weighted by Gasteiger charge is 2.43. The number of nitrogens with zero attached hydrogens (tertiary/aromatic N) is 3. The largest absolute Gasteiger partial charge is 0.726 e. The van der Waals surface area contributed by atoms with Gasteiger partial charge >= 0.3 is 0 Å². The van der Waals surface area contributed by atoms with Gasteiger partial charge in [0.15, 0.2) is 0 Å². The fraction of sp³-hybridized carbons (Fsp3) is 0.300. The van der Waals surface area contributed by atoms with Gasteiger partial charge in [-0.25, -0.2) is 8.42 Å². The van der Waals surface area contributed by atoms with Crippen molar-refractivity contribution in [2.24, 2.45) is 5.10 Å². The van der Waals surface area contributed by atoms with E-state index in [0.717, 1.165) is 12.8 Å². The summed E-state index contributed by atoms with van der Waals surface area (Å²) in [4.78, 5) is 0. The molecular weight excluding hydrogens is 378 g/mol. The molecule has 1 aliphatic heterocycles. The lowest BCUT2D eigenvalue weighted by Gasteiger charge is -2.16. The van der Waals surface area contributed by atoms with Gasteiger partial charge in [0.2, 0.25) is 21.8 Å². The Labute approximate surface area is 166 Å². The molecule has 150 valence electrons. The number of para-hydroxylation sites is 2. The van der Waals surface area contributed by atoms with Crippen LogP contribution in [0, 0.1) is 0 Å². The van der Waals surface area contributed by atoms with E-state index in [1.165, 1.54) is 17.0 Å². The lowest BCUT2D eigenvalue weighted by molar-refractivity contribution is -0.400. The normalized spacial score (nSPS) is 15.2. The van der Waals surface area contributed by atoms with Crippen molar-refractivity contribution in [3.8, 4) is 0 Å². The van der Waals surface area contributed by atoms with Gasteiger partial charge in [0.1, 0.15) is 13.3 Å². The predicted molar refractivity (Wildman–Crippen MR) is 110 cm³/mol.